The van der Waals surface area contributed by atoms with Gasteiger partial charge in [-0.25, -0.2) is 4.39 Å². The number of hydrogen-bond donors (Lipinski definition) is 1. The molecule has 1 N–H and O–H groups in total. The molecule has 1 heterocycles. The van der Waals surface area contributed by atoms with Crippen molar-refractivity contribution in [2.45, 2.75) is 25.8 Å². The zero-order chi connectivity index (χ0) is 24.1. The summed E-state index contributed by atoms with van der Waals surface area (Å²) in [6, 6.07) is 8.68. The average Bonchev–Trinajstić information content (AvgIpc) is 2.83. The molecule has 0 unspecified atom stereocenters. The lowest BCUT2D eigenvalue weighted by molar-refractivity contribution is -0.124. The lowest BCUT2D eigenvalue weighted by Crippen LogP contribution is -2.47. The van der Waals surface area contributed by atoms with Gasteiger partial charge in [-0.2, -0.15) is 0 Å². The Morgan fingerprint density at radius 1 is 1.09 bits per heavy atom. The number of hydrogen-bond acceptors (Lipinski definition) is 5. The van der Waals surface area contributed by atoms with Crippen molar-refractivity contribution in [3.05, 3.63) is 58.9 Å². The lowest BCUT2D eigenvalue weighted by Gasteiger charge is -2.40. The number of methoxy groups -OCH3 is 2. The molecule has 0 fully saturated rings. The summed E-state index contributed by atoms with van der Waals surface area (Å²) in [7, 11) is 4.57. The number of ether oxygens (including phenoxy) is 2. The van der Waals surface area contributed by atoms with Crippen molar-refractivity contribution in [3.8, 4) is 11.5 Å². The molecule has 0 saturated heterocycles. The largest absolute Gasteiger partial charge is 0.493 e. The van der Waals surface area contributed by atoms with Gasteiger partial charge in [0, 0.05) is 31.3 Å². The second kappa shape index (κ2) is 10.7. The molecule has 7 nitrogen and oxygen atoms in total. The number of benzene rings is 2. The summed E-state index contributed by atoms with van der Waals surface area (Å²) in [6.07, 6.45) is 0. The van der Waals surface area contributed by atoms with Crippen LogP contribution in [0.3, 0.4) is 0 Å². The van der Waals surface area contributed by atoms with E-state index in [1.165, 1.54) is 25.2 Å². The molecular formula is C25H32FN3O4. The SMILES string of the molecule is CCN(CC)CCNC(=O)[C@H]1c2cc(OC)c(OC)cc2C(=O)N(C)[C@@H]1c1ccccc1F. The zero-order valence-corrected chi connectivity index (χ0v) is 19.9. The number of halogens is 1. The summed E-state index contributed by atoms with van der Waals surface area (Å²) >= 11 is 0. The summed E-state index contributed by atoms with van der Waals surface area (Å²) in [4.78, 5) is 30.5. The highest BCUT2D eigenvalue weighted by atomic mass is 19.1. The second-order valence-corrected chi connectivity index (χ2v) is 7.97. The maximum absolute atomic E-state index is 14.9. The minimum absolute atomic E-state index is 0.275. The Morgan fingerprint density at radius 3 is 2.33 bits per heavy atom. The highest BCUT2D eigenvalue weighted by Gasteiger charge is 2.44. The molecule has 0 aliphatic carbocycles. The van der Waals surface area contributed by atoms with Crippen molar-refractivity contribution in [2.75, 3.05) is 47.4 Å². The van der Waals surface area contributed by atoms with Gasteiger partial charge in [-0.3, -0.25) is 9.59 Å². The van der Waals surface area contributed by atoms with Crippen LogP contribution in [0.25, 0.3) is 0 Å². The summed E-state index contributed by atoms with van der Waals surface area (Å²) in [5, 5.41) is 3.00. The van der Waals surface area contributed by atoms with Crippen molar-refractivity contribution in [2.24, 2.45) is 0 Å². The van der Waals surface area contributed by atoms with E-state index >= 15 is 0 Å². The fourth-order valence-corrected chi connectivity index (χ4v) is 4.42. The molecule has 2 amide bonds. The van der Waals surface area contributed by atoms with Gasteiger partial charge in [0.2, 0.25) is 5.91 Å². The highest BCUT2D eigenvalue weighted by molar-refractivity contribution is 6.02. The Kier molecular flexibility index (Phi) is 7.92. The molecule has 0 radical (unpaired) electrons. The summed E-state index contributed by atoms with van der Waals surface area (Å²) in [5.41, 5.74) is 1.12. The fourth-order valence-electron chi connectivity index (χ4n) is 4.42. The Morgan fingerprint density at radius 2 is 1.73 bits per heavy atom. The molecule has 178 valence electrons. The van der Waals surface area contributed by atoms with Crippen LogP contribution in [0.15, 0.2) is 36.4 Å². The van der Waals surface area contributed by atoms with Crippen molar-refractivity contribution < 1.29 is 23.5 Å². The van der Waals surface area contributed by atoms with Gasteiger partial charge in [-0.1, -0.05) is 32.0 Å². The van der Waals surface area contributed by atoms with Crippen LogP contribution in [-0.2, 0) is 4.79 Å². The van der Waals surface area contributed by atoms with Crippen LogP contribution in [0.2, 0.25) is 0 Å². The predicted octanol–water partition coefficient (Wildman–Crippen LogP) is 3.21. The standard InChI is InChI=1S/C25H32FN3O4/c1-6-29(7-2)13-12-27-24(30)22-17-14-20(32-4)21(33-5)15-18(17)25(31)28(3)23(22)16-10-8-9-11-19(16)26/h8-11,14-15,22-23H,6-7,12-13H2,1-5H3,(H,27,30)/t22-,23+/m0/s1. The number of likely N-dealkylation sites (N-methyl/N-ethyl adjacent to an activating group) is 2. The van der Waals surface area contributed by atoms with Crippen molar-refractivity contribution >= 4 is 11.8 Å². The second-order valence-electron chi connectivity index (χ2n) is 7.97. The molecular weight excluding hydrogens is 425 g/mol. The van der Waals surface area contributed by atoms with Crippen LogP contribution < -0.4 is 14.8 Å². The third-order valence-electron chi connectivity index (χ3n) is 6.30. The molecule has 0 saturated carbocycles. The number of nitrogens with one attached hydrogen (secondary N) is 1. The Hall–Kier alpha value is -3.13. The minimum atomic E-state index is -0.823. The maximum atomic E-state index is 14.9. The quantitative estimate of drug-likeness (QED) is 0.626. The third kappa shape index (κ3) is 4.80. The Bertz CT molecular complexity index is 1010. The summed E-state index contributed by atoms with van der Waals surface area (Å²) in [5.74, 6) is -1.08. The molecule has 33 heavy (non-hydrogen) atoms. The number of amides is 2. The first kappa shape index (κ1) is 24.5. The molecule has 0 bridgehead atoms. The van der Waals surface area contributed by atoms with Gasteiger partial charge in [-0.15, -0.1) is 0 Å². The van der Waals surface area contributed by atoms with Gasteiger partial charge >= 0.3 is 0 Å². The van der Waals surface area contributed by atoms with Crippen LogP contribution in [0.5, 0.6) is 11.5 Å². The monoisotopic (exact) mass is 457 g/mol. The first-order valence-corrected chi connectivity index (χ1v) is 11.1. The molecule has 2 aromatic carbocycles. The first-order valence-electron chi connectivity index (χ1n) is 11.1. The number of nitrogens with zero attached hydrogens (tertiary/aromatic N) is 2. The van der Waals surface area contributed by atoms with Crippen LogP contribution in [0, 0.1) is 5.82 Å². The zero-order valence-electron chi connectivity index (χ0n) is 19.9. The van der Waals surface area contributed by atoms with Gasteiger partial charge in [0.25, 0.3) is 5.91 Å². The summed E-state index contributed by atoms with van der Waals surface area (Å²) < 4.78 is 25.7. The van der Waals surface area contributed by atoms with E-state index in [1.54, 1.807) is 37.4 Å². The van der Waals surface area contributed by atoms with Crippen molar-refractivity contribution in [1.29, 1.82) is 0 Å². The third-order valence-corrected chi connectivity index (χ3v) is 6.30. The van der Waals surface area contributed by atoms with Crippen molar-refractivity contribution in [3.63, 3.8) is 0 Å². The van der Waals surface area contributed by atoms with Gasteiger partial charge in [-0.05, 0) is 36.9 Å². The minimum Gasteiger partial charge on any atom is -0.493 e. The molecule has 3 rings (SSSR count). The normalized spacial score (nSPS) is 17.7. The first-order chi connectivity index (χ1) is 15.9. The molecule has 1 aliphatic rings. The van der Waals surface area contributed by atoms with Gasteiger partial charge < -0.3 is 24.6 Å². The summed E-state index contributed by atoms with van der Waals surface area (Å²) in [6.45, 7) is 7.04. The maximum Gasteiger partial charge on any atom is 0.254 e. The van der Waals surface area contributed by atoms with E-state index in [9.17, 15) is 14.0 Å². The van der Waals surface area contributed by atoms with Crippen LogP contribution in [0.4, 0.5) is 4.39 Å². The van der Waals surface area contributed by atoms with Crippen molar-refractivity contribution in [1.82, 2.24) is 15.1 Å². The van der Waals surface area contributed by atoms with E-state index < -0.39 is 17.8 Å². The predicted molar refractivity (Wildman–Crippen MR) is 124 cm³/mol. The van der Waals surface area contributed by atoms with E-state index in [0.29, 0.717) is 35.7 Å². The lowest BCUT2D eigenvalue weighted by atomic mass is 9.79. The topological polar surface area (TPSA) is 71.1 Å². The van der Waals surface area contributed by atoms with Crippen LogP contribution in [-0.4, -0.2) is 69.1 Å². The average molecular weight is 458 g/mol. The smallest absolute Gasteiger partial charge is 0.254 e. The Labute approximate surface area is 194 Å². The van der Waals surface area contributed by atoms with Crippen LogP contribution in [0.1, 0.15) is 47.3 Å². The molecule has 0 aromatic heterocycles. The van der Waals surface area contributed by atoms with Gasteiger partial charge in [0.1, 0.15) is 5.82 Å². The van der Waals surface area contributed by atoms with E-state index in [2.05, 4.69) is 24.1 Å². The molecule has 2 aromatic rings. The van der Waals surface area contributed by atoms with Gasteiger partial charge in [0.05, 0.1) is 26.2 Å². The van der Waals surface area contributed by atoms with E-state index in [1.807, 2.05) is 0 Å². The number of carbonyl (C=O) groups is 2. The number of rotatable bonds is 9. The fraction of sp³-hybridized carbons (Fsp3) is 0.440. The number of carbonyl (C=O) groups excluding carboxylic acids is 2. The molecule has 0 spiro atoms. The van der Waals surface area contributed by atoms with Gasteiger partial charge in [0.15, 0.2) is 11.5 Å². The molecule has 1 aliphatic heterocycles. The molecule has 2 atom stereocenters. The number of fused-ring (bicyclic) bond motifs is 1. The van der Waals surface area contributed by atoms with Crippen LogP contribution >= 0.6 is 0 Å². The highest BCUT2D eigenvalue weighted by Crippen LogP contribution is 2.46. The molecule has 8 heteroatoms. The Balaban J connectivity index is 2.09. The van der Waals surface area contributed by atoms with E-state index in [0.717, 1.165) is 13.1 Å². The van der Waals surface area contributed by atoms with E-state index in [4.69, 9.17) is 9.47 Å². The van der Waals surface area contributed by atoms with E-state index in [-0.39, 0.29) is 17.4 Å².